The van der Waals surface area contributed by atoms with Gasteiger partial charge in [-0.1, -0.05) is 12.1 Å². The molecular formula is C15H10O4. The monoisotopic (exact) mass is 254 g/mol. The fraction of sp³-hybridized carbons (Fsp3) is 0.0667. The summed E-state index contributed by atoms with van der Waals surface area (Å²) < 4.78 is 10.5. The van der Waals surface area contributed by atoms with Crippen LogP contribution in [0.5, 0.6) is 0 Å². The first-order valence-corrected chi connectivity index (χ1v) is 5.77. The van der Waals surface area contributed by atoms with Gasteiger partial charge in [-0.2, -0.15) is 0 Å². The molecule has 0 unspecified atom stereocenters. The maximum atomic E-state index is 11.4. The van der Waals surface area contributed by atoms with Crippen molar-refractivity contribution >= 4 is 17.3 Å². The van der Waals surface area contributed by atoms with Crippen molar-refractivity contribution in [2.24, 2.45) is 0 Å². The number of hydrogen-bond acceptors (Lipinski definition) is 4. The van der Waals surface area contributed by atoms with E-state index < -0.39 is 0 Å². The van der Waals surface area contributed by atoms with Crippen LogP contribution in [0.2, 0.25) is 0 Å². The van der Waals surface area contributed by atoms with E-state index in [1.54, 1.807) is 18.2 Å². The lowest BCUT2D eigenvalue weighted by atomic mass is 10.1. The first kappa shape index (κ1) is 11.5. The average Bonchev–Trinajstić information content (AvgIpc) is 2.86. The molecule has 2 heterocycles. The van der Waals surface area contributed by atoms with E-state index in [1.807, 2.05) is 19.1 Å². The Balaban J connectivity index is 2.21. The van der Waals surface area contributed by atoms with Crippen molar-refractivity contribution in [3.8, 4) is 11.3 Å². The molecule has 0 amide bonds. The van der Waals surface area contributed by atoms with E-state index in [-0.39, 0.29) is 11.4 Å². The number of rotatable bonds is 2. The normalized spacial score (nSPS) is 10.8. The zero-order valence-corrected chi connectivity index (χ0v) is 10.2. The standard InChI is InChI=1S/C15H10O4/c1-9-6-15(17)19-14-7-10(2-4-12(9)14)13-5-3-11(8-16)18-13/h2-8H,1H3. The Morgan fingerprint density at radius 1 is 1.05 bits per heavy atom. The summed E-state index contributed by atoms with van der Waals surface area (Å²) in [5, 5.41) is 0.880. The maximum absolute atomic E-state index is 11.4. The highest BCUT2D eigenvalue weighted by Gasteiger charge is 2.08. The number of aldehydes is 1. The maximum Gasteiger partial charge on any atom is 0.336 e. The number of fused-ring (bicyclic) bond motifs is 1. The number of benzene rings is 1. The number of aryl methyl sites for hydroxylation is 1. The Bertz CT molecular complexity index is 824. The summed E-state index contributed by atoms with van der Waals surface area (Å²) in [7, 11) is 0. The molecule has 0 bridgehead atoms. The van der Waals surface area contributed by atoms with E-state index in [1.165, 1.54) is 6.07 Å². The lowest BCUT2D eigenvalue weighted by molar-refractivity contribution is 0.110. The quantitative estimate of drug-likeness (QED) is 0.520. The number of carbonyl (C=O) groups excluding carboxylic acids is 1. The van der Waals surface area contributed by atoms with Crippen molar-refractivity contribution < 1.29 is 13.6 Å². The van der Waals surface area contributed by atoms with Crippen molar-refractivity contribution in [2.45, 2.75) is 6.92 Å². The van der Waals surface area contributed by atoms with Crippen LogP contribution < -0.4 is 5.63 Å². The number of furan rings is 1. The Morgan fingerprint density at radius 2 is 1.89 bits per heavy atom. The Morgan fingerprint density at radius 3 is 2.63 bits per heavy atom. The highest BCUT2D eigenvalue weighted by molar-refractivity contribution is 5.84. The summed E-state index contributed by atoms with van der Waals surface area (Å²) >= 11 is 0. The molecule has 4 heteroatoms. The van der Waals surface area contributed by atoms with Crippen LogP contribution in [-0.4, -0.2) is 6.29 Å². The summed E-state index contributed by atoms with van der Waals surface area (Å²) in [5.41, 5.74) is 1.75. The topological polar surface area (TPSA) is 60.4 Å². The molecule has 19 heavy (non-hydrogen) atoms. The summed E-state index contributed by atoms with van der Waals surface area (Å²) in [6.45, 7) is 1.86. The smallest absolute Gasteiger partial charge is 0.336 e. The van der Waals surface area contributed by atoms with Crippen LogP contribution in [0.3, 0.4) is 0 Å². The van der Waals surface area contributed by atoms with E-state index in [2.05, 4.69) is 0 Å². The van der Waals surface area contributed by atoms with E-state index in [9.17, 15) is 9.59 Å². The van der Waals surface area contributed by atoms with Crippen LogP contribution in [0.1, 0.15) is 16.1 Å². The molecule has 4 nitrogen and oxygen atoms in total. The SMILES string of the molecule is Cc1cc(=O)oc2cc(-c3ccc(C=O)o3)ccc12. The van der Waals surface area contributed by atoms with Gasteiger partial charge in [-0.15, -0.1) is 0 Å². The van der Waals surface area contributed by atoms with Crippen molar-refractivity contribution in [1.82, 2.24) is 0 Å². The van der Waals surface area contributed by atoms with E-state index in [4.69, 9.17) is 8.83 Å². The second-order valence-electron chi connectivity index (χ2n) is 4.28. The van der Waals surface area contributed by atoms with Crippen LogP contribution in [0.25, 0.3) is 22.3 Å². The van der Waals surface area contributed by atoms with Gasteiger partial charge in [0.15, 0.2) is 12.0 Å². The molecule has 2 aromatic heterocycles. The predicted octanol–water partition coefficient (Wildman–Crippen LogP) is 3.17. The summed E-state index contributed by atoms with van der Waals surface area (Å²) in [6.07, 6.45) is 0.648. The lowest BCUT2D eigenvalue weighted by Crippen LogP contribution is -1.97. The Kier molecular flexibility index (Phi) is 2.56. The molecule has 94 valence electrons. The molecule has 0 saturated carbocycles. The third kappa shape index (κ3) is 1.97. The predicted molar refractivity (Wildman–Crippen MR) is 70.3 cm³/mol. The van der Waals surface area contributed by atoms with Crippen molar-refractivity contribution in [2.75, 3.05) is 0 Å². The minimum absolute atomic E-state index is 0.265. The van der Waals surface area contributed by atoms with Gasteiger partial charge in [-0.25, -0.2) is 4.79 Å². The Labute approximate surface area is 108 Å². The summed E-state index contributed by atoms with van der Waals surface area (Å²) in [5.74, 6) is 0.828. The average molecular weight is 254 g/mol. The zero-order chi connectivity index (χ0) is 13.4. The van der Waals surface area contributed by atoms with E-state index in [0.717, 1.165) is 16.5 Å². The summed E-state index contributed by atoms with van der Waals surface area (Å²) in [4.78, 5) is 22.0. The fourth-order valence-corrected chi connectivity index (χ4v) is 2.05. The fourth-order valence-electron chi connectivity index (χ4n) is 2.05. The molecule has 0 saturated heterocycles. The van der Waals surface area contributed by atoms with Crippen LogP contribution in [-0.2, 0) is 0 Å². The van der Waals surface area contributed by atoms with Gasteiger partial charge >= 0.3 is 5.63 Å². The van der Waals surface area contributed by atoms with Gasteiger partial charge in [0.1, 0.15) is 11.3 Å². The van der Waals surface area contributed by atoms with Gasteiger partial charge in [-0.3, -0.25) is 4.79 Å². The lowest BCUT2D eigenvalue weighted by Gasteiger charge is -2.02. The summed E-state index contributed by atoms with van der Waals surface area (Å²) in [6, 6.07) is 10.2. The van der Waals surface area contributed by atoms with Crippen molar-refractivity contribution in [1.29, 1.82) is 0 Å². The molecule has 0 aliphatic carbocycles. The molecule has 3 aromatic rings. The highest BCUT2D eigenvalue weighted by Crippen LogP contribution is 2.26. The molecule has 0 aliphatic rings. The van der Waals surface area contributed by atoms with Crippen LogP contribution in [0.4, 0.5) is 0 Å². The highest BCUT2D eigenvalue weighted by atomic mass is 16.4. The molecule has 3 rings (SSSR count). The second kappa shape index (κ2) is 4.24. The van der Waals surface area contributed by atoms with Gasteiger partial charge in [0.25, 0.3) is 0 Å². The molecule has 0 radical (unpaired) electrons. The third-order valence-corrected chi connectivity index (χ3v) is 2.98. The molecule has 0 aliphatic heterocycles. The molecule has 0 N–H and O–H groups in total. The van der Waals surface area contributed by atoms with E-state index >= 15 is 0 Å². The van der Waals surface area contributed by atoms with Crippen molar-refractivity contribution in [3.05, 3.63) is 58.1 Å². The minimum atomic E-state index is -0.379. The number of carbonyl (C=O) groups is 1. The second-order valence-corrected chi connectivity index (χ2v) is 4.28. The van der Waals surface area contributed by atoms with Gasteiger partial charge in [-0.05, 0) is 30.7 Å². The molecular weight excluding hydrogens is 244 g/mol. The zero-order valence-electron chi connectivity index (χ0n) is 10.2. The van der Waals surface area contributed by atoms with Gasteiger partial charge < -0.3 is 8.83 Å². The molecule has 1 aromatic carbocycles. The molecule has 0 fully saturated rings. The minimum Gasteiger partial charge on any atom is -0.453 e. The third-order valence-electron chi connectivity index (χ3n) is 2.98. The van der Waals surface area contributed by atoms with Crippen molar-refractivity contribution in [3.63, 3.8) is 0 Å². The first-order chi connectivity index (χ1) is 9.17. The number of hydrogen-bond donors (Lipinski definition) is 0. The molecule has 0 atom stereocenters. The largest absolute Gasteiger partial charge is 0.453 e. The van der Waals surface area contributed by atoms with Gasteiger partial charge in [0, 0.05) is 17.0 Å². The van der Waals surface area contributed by atoms with Gasteiger partial charge in [0.05, 0.1) is 0 Å². The van der Waals surface area contributed by atoms with Gasteiger partial charge in [0.2, 0.25) is 0 Å². The first-order valence-electron chi connectivity index (χ1n) is 5.77. The molecule has 0 spiro atoms. The Hall–Kier alpha value is -2.62. The van der Waals surface area contributed by atoms with E-state index in [0.29, 0.717) is 17.6 Å². The van der Waals surface area contributed by atoms with Crippen LogP contribution in [0.15, 0.2) is 50.0 Å². The van der Waals surface area contributed by atoms with Crippen LogP contribution >= 0.6 is 0 Å². The van der Waals surface area contributed by atoms with Crippen LogP contribution in [0, 0.1) is 6.92 Å².